The van der Waals surface area contributed by atoms with E-state index in [0.717, 1.165) is 44.8 Å². The average Bonchev–Trinajstić information content (AvgIpc) is 2.57. The van der Waals surface area contributed by atoms with E-state index < -0.39 is 7.60 Å². The van der Waals surface area contributed by atoms with Gasteiger partial charge in [-0.3, -0.25) is 9.46 Å². The minimum absolute atomic E-state index is 0.230. The summed E-state index contributed by atoms with van der Waals surface area (Å²) in [6.07, 6.45) is 0.751. The number of nitrogens with zero attached hydrogens (tertiary/aromatic N) is 1. The van der Waals surface area contributed by atoms with Crippen molar-refractivity contribution in [3.05, 3.63) is 35.9 Å². The van der Waals surface area contributed by atoms with Crippen molar-refractivity contribution < 1.29 is 18.3 Å². The Kier molecular flexibility index (Phi) is 7.74. The molecule has 1 aromatic rings. The fourth-order valence-electron chi connectivity index (χ4n) is 2.89. The Balaban J connectivity index is 2.15. The standard InChI is InChI=1S/C17H28NO4P/c1-3-21-23(19,22-4-2)17(16-8-6-5-7-9-16)10-11-18-12-14-20-15-13-18/h5-9,17H,3-4,10-15H2,1-2H3. The summed E-state index contributed by atoms with van der Waals surface area (Å²) < 4.78 is 29.9. The second-order valence-electron chi connectivity index (χ2n) is 5.54. The molecule has 1 aromatic carbocycles. The molecular weight excluding hydrogens is 313 g/mol. The molecule has 0 saturated carbocycles. The van der Waals surface area contributed by atoms with Crippen LogP contribution in [0.5, 0.6) is 0 Å². The van der Waals surface area contributed by atoms with Gasteiger partial charge in [0.2, 0.25) is 0 Å². The van der Waals surface area contributed by atoms with Crippen molar-refractivity contribution in [3.8, 4) is 0 Å². The van der Waals surface area contributed by atoms with Crippen molar-refractivity contribution in [1.29, 1.82) is 0 Å². The van der Waals surface area contributed by atoms with Gasteiger partial charge in [0.25, 0.3) is 0 Å². The number of morpholine rings is 1. The highest BCUT2D eigenvalue weighted by Gasteiger charge is 2.36. The van der Waals surface area contributed by atoms with E-state index in [1.165, 1.54) is 0 Å². The van der Waals surface area contributed by atoms with Crippen LogP contribution in [0.2, 0.25) is 0 Å². The lowest BCUT2D eigenvalue weighted by Gasteiger charge is -2.31. The lowest BCUT2D eigenvalue weighted by atomic mass is 10.1. The van der Waals surface area contributed by atoms with Crippen molar-refractivity contribution in [2.24, 2.45) is 0 Å². The van der Waals surface area contributed by atoms with E-state index in [4.69, 9.17) is 13.8 Å². The molecule has 130 valence electrons. The van der Waals surface area contributed by atoms with Crippen LogP contribution in [0.15, 0.2) is 30.3 Å². The van der Waals surface area contributed by atoms with Crippen molar-refractivity contribution in [1.82, 2.24) is 4.90 Å². The van der Waals surface area contributed by atoms with Crippen LogP contribution >= 0.6 is 7.60 Å². The largest absolute Gasteiger partial charge is 0.379 e. The second-order valence-corrected chi connectivity index (χ2v) is 7.76. The number of hydrogen-bond acceptors (Lipinski definition) is 5. The highest BCUT2D eigenvalue weighted by Crippen LogP contribution is 2.62. The van der Waals surface area contributed by atoms with Crippen molar-refractivity contribution in [2.45, 2.75) is 25.9 Å². The number of ether oxygens (including phenoxy) is 1. The molecule has 5 nitrogen and oxygen atoms in total. The minimum atomic E-state index is -3.18. The first-order chi connectivity index (χ1) is 11.2. The second kappa shape index (κ2) is 9.55. The van der Waals surface area contributed by atoms with Crippen LogP contribution in [0.1, 0.15) is 31.5 Å². The molecule has 1 heterocycles. The topological polar surface area (TPSA) is 48.0 Å². The first kappa shape index (κ1) is 18.6. The van der Waals surface area contributed by atoms with E-state index in [1.54, 1.807) is 0 Å². The Morgan fingerprint density at radius 1 is 1.13 bits per heavy atom. The fourth-order valence-corrected chi connectivity index (χ4v) is 5.01. The molecule has 1 unspecified atom stereocenters. The summed E-state index contributed by atoms with van der Waals surface area (Å²) in [5.74, 6) is 0. The van der Waals surface area contributed by atoms with Crippen LogP contribution in [-0.4, -0.2) is 51.0 Å². The summed E-state index contributed by atoms with van der Waals surface area (Å²) in [6, 6.07) is 9.93. The van der Waals surface area contributed by atoms with Gasteiger partial charge in [0, 0.05) is 13.1 Å². The summed E-state index contributed by atoms with van der Waals surface area (Å²) in [4.78, 5) is 2.35. The van der Waals surface area contributed by atoms with Crippen LogP contribution in [-0.2, 0) is 18.3 Å². The quantitative estimate of drug-likeness (QED) is 0.641. The van der Waals surface area contributed by atoms with E-state index >= 15 is 0 Å². The molecule has 23 heavy (non-hydrogen) atoms. The maximum Gasteiger partial charge on any atom is 0.338 e. The molecule has 0 aromatic heterocycles. The van der Waals surface area contributed by atoms with Gasteiger partial charge in [0.15, 0.2) is 0 Å². The zero-order valence-electron chi connectivity index (χ0n) is 14.1. The summed E-state index contributed by atoms with van der Waals surface area (Å²) in [5.41, 5.74) is 0.789. The lowest BCUT2D eigenvalue weighted by molar-refractivity contribution is 0.0369. The maximum absolute atomic E-state index is 13.3. The molecule has 1 fully saturated rings. The zero-order chi connectivity index (χ0) is 16.5. The summed E-state index contributed by atoms with van der Waals surface area (Å²) >= 11 is 0. The van der Waals surface area contributed by atoms with Gasteiger partial charge in [-0.15, -0.1) is 0 Å². The third kappa shape index (κ3) is 5.40. The van der Waals surface area contributed by atoms with Crippen molar-refractivity contribution in [3.63, 3.8) is 0 Å². The smallest absolute Gasteiger partial charge is 0.338 e. The third-order valence-corrected chi connectivity index (χ3v) is 6.56. The monoisotopic (exact) mass is 341 g/mol. The minimum Gasteiger partial charge on any atom is -0.379 e. The molecular formula is C17H28NO4P. The fraction of sp³-hybridized carbons (Fsp3) is 0.647. The molecule has 0 amide bonds. The number of hydrogen-bond donors (Lipinski definition) is 0. The van der Waals surface area contributed by atoms with Crippen molar-refractivity contribution >= 4 is 7.60 Å². The molecule has 0 aliphatic carbocycles. The predicted molar refractivity (Wildman–Crippen MR) is 91.9 cm³/mol. The highest BCUT2D eigenvalue weighted by atomic mass is 31.2. The van der Waals surface area contributed by atoms with E-state index in [0.29, 0.717) is 13.2 Å². The summed E-state index contributed by atoms with van der Waals surface area (Å²) in [7, 11) is -3.18. The van der Waals surface area contributed by atoms with Crippen LogP contribution in [0.25, 0.3) is 0 Å². The Morgan fingerprint density at radius 2 is 1.74 bits per heavy atom. The normalized spacial score (nSPS) is 18.0. The molecule has 6 heteroatoms. The molecule has 1 atom stereocenters. The van der Waals surface area contributed by atoms with Gasteiger partial charge in [-0.05, 0) is 32.4 Å². The van der Waals surface area contributed by atoms with Gasteiger partial charge in [-0.2, -0.15) is 0 Å². The van der Waals surface area contributed by atoms with E-state index in [2.05, 4.69) is 4.90 Å². The molecule has 0 bridgehead atoms. The van der Waals surface area contributed by atoms with Gasteiger partial charge in [-0.1, -0.05) is 30.3 Å². The Morgan fingerprint density at radius 3 is 2.30 bits per heavy atom. The summed E-state index contributed by atoms with van der Waals surface area (Å²) in [6.45, 7) is 8.74. The van der Waals surface area contributed by atoms with Gasteiger partial charge in [0.1, 0.15) is 0 Å². The van der Waals surface area contributed by atoms with E-state index in [9.17, 15) is 4.57 Å². The van der Waals surface area contributed by atoms with Crippen LogP contribution in [0.4, 0.5) is 0 Å². The van der Waals surface area contributed by atoms with Crippen LogP contribution in [0.3, 0.4) is 0 Å². The Bertz CT molecular complexity index is 481. The van der Waals surface area contributed by atoms with Gasteiger partial charge in [0.05, 0.1) is 32.1 Å². The molecule has 2 rings (SSSR count). The van der Waals surface area contributed by atoms with Gasteiger partial charge in [-0.25, -0.2) is 0 Å². The molecule has 1 aliphatic rings. The molecule has 0 N–H and O–H groups in total. The molecule has 1 saturated heterocycles. The molecule has 0 spiro atoms. The van der Waals surface area contributed by atoms with E-state index in [-0.39, 0.29) is 5.66 Å². The first-order valence-electron chi connectivity index (χ1n) is 8.43. The Hall–Kier alpha value is -0.710. The third-order valence-electron chi connectivity index (χ3n) is 4.01. The van der Waals surface area contributed by atoms with Gasteiger partial charge < -0.3 is 13.8 Å². The SMILES string of the molecule is CCOP(=O)(OCC)C(CCN1CCOCC1)c1ccccc1. The number of rotatable bonds is 9. The average molecular weight is 341 g/mol. The zero-order valence-corrected chi connectivity index (χ0v) is 15.0. The predicted octanol–water partition coefficient (Wildman–Crippen LogP) is 3.72. The molecule has 0 radical (unpaired) electrons. The maximum atomic E-state index is 13.3. The van der Waals surface area contributed by atoms with Gasteiger partial charge >= 0.3 is 7.60 Å². The van der Waals surface area contributed by atoms with Crippen molar-refractivity contribution in [2.75, 3.05) is 46.1 Å². The number of benzene rings is 1. The molecule has 1 aliphatic heterocycles. The Labute approximate surface area is 139 Å². The van der Waals surface area contributed by atoms with E-state index in [1.807, 2.05) is 44.2 Å². The summed E-state index contributed by atoms with van der Waals surface area (Å²) in [5, 5.41) is 0. The lowest BCUT2D eigenvalue weighted by Crippen LogP contribution is -2.37. The highest BCUT2D eigenvalue weighted by molar-refractivity contribution is 7.54. The van der Waals surface area contributed by atoms with Crippen LogP contribution in [0, 0.1) is 0 Å². The first-order valence-corrected chi connectivity index (χ1v) is 10.0. The van der Waals surface area contributed by atoms with Crippen LogP contribution < -0.4 is 0 Å².